The van der Waals surface area contributed by atoms with Gasteiger partial charge in [0.1, 0.15) is 0 Å². The summed E-state index contributed by atoms with van der Waals surface area (Å²) in [5.74, 6) is 0.710. The fourth-order valence-corrected chi connectivity index (χ4v) is 7.80. The number of nitrogens with one attached hydrogen (secondary N) is 1. The van der Waals surface area contributed by atoms with E-state index in [9.17, 15) is 21.6 Å². The van der Waals surface area contributed by atoms with Crippen LogP contribution in [0.4, 0.5) is 0 Å². The van der Waals surface area contributed by atoms with Crippen molar-refractivity contribution < 1.29 is 31.1 Å². The average Bonchev–Trinajstić information content (AvgIpc) is 2.94. The van der Waals surface area contributed by atoms with Crippen molar-refractivity contribution in [1.82, 2.24) is 13.9 Å². The number of rotatable bonds is 10. The van der Waals surface area contributed by atoms with Crippen LogP contribution in [0.25, 0.3) is 0 Å². The van der Waals surface area contributed by atoms with Crippen LogP contribution in [0.3, 0.4) is 0 Å². The average molecular weight is 566 g/mol. The third kappa shape index (κ3) is 6.31. The molecular formula is C26H35N3O7S2. The molecule has 0 aliphatic carbocycles. The molecule has 2 aliphatic heterocycles. The molecule has 1 fully saturated rings. The molecule has 38 heavy (non-hydrogen) atoms. The summed E-state index contributed by atoms with van der Waals surface area (Å²) in [6.45, 7) is 1.85. The van der Waals surface area contributed by atoms with Gasteiger partial charge in [-0.3, -0.25) is 4.79 Å². The number of amides is 1. The van der Waals surface area contributed by atoms with Gasteiger partial charge in [-0.05, 0) is 73.2 Å². The smallest absolute Gasteiger partial charge is 0.251 e. The second kappa shape index (κ2) is 12.0. The van der Waals surface area contributed by atoms with E-state index >= 15 is 0 Å². The molecule has 0 spiro atoms. The highest BCUT2D eigenvalue weighted by Crippen LogP contribution is 2.34. The predicted molar refractivity (Wildman–Crippen MR) is 143 cm³/mol. The number of hydrogen-bond donors (Lipinski definition) is 1. The van der Waals surface area contributed by atoms with Crippen molar-refractivity contribution >= 4 is 26.0 Å². The van der Waals surface area contributed by atoms with Gasteiger partial charge in [-0.15, -0.1) is 0 Å². The van der Waals surface area contributed by atoms with Gasteiger partial charge in [0, 0.05) is 38.3 Å². The van der Waals surface area contributed by atoms with Crippen molar-refractivity contribution in [3.05, 3.63) is 53.1 Å². The first-order chi connectivity index (χ1) is 18.2. The maximum Gasteiger partial charge on any atom is 0.251 e. The summed E-state index contributed by atoms with van der Waals surface area (Å²) in [7, 11) is -3.97. The molecule has 0 atom stereocenters. The second-order valence-corrected chi connectivity index (χ2v) is 13.5. The molecule has 2 aromatic carbocycles. The number of carbonyl (C=O) groups excluding carboxylic acids is 1. The first kappa shape index (κ1) is 28.3. The van der Waals surface area contributed by atoms with Crippen molar-refractivity contribution in [3.63, 3.8) is 0 Å². The fraction of sp³-hybridized carbons (Fsp3) is 0.500. The normalized spacial score (nSPS) is 17.0. The van der Waals surface area contributed by atoms with Crippen molar-refractivity contribution in [2.75, 3.05) is 46.2 Å². The lowest BCUT2D eigenvalue weighted by Gasteiger charge is -2.29. The number of nitrogens with zero attached hydrogens (tertiary/aromatic N) is 2. The van der Waals surface area contributed by atoms with Crippen molar-refractivity contribution in [2.45, 2.75) is 43.5 Å². The van der Waals surface area contributed by atoms with Gasteiger partial charge >= 0.3 is 0 Å². The second-order valence-electron chi connectivity index (χ2n) is 9.47. The van der Waals surface area contributed by atoms with Crippen molar-refractivity contribution in [1.29, 1.82) is 0 Å². The molecule has 0 bridgehead atoms. The van der Waals surface area contributed by atoms with Gasteiger partial charge in [0.05, 0.1) is 24.9 Å². The molecule has 0 unspecified atom stereocenters. The highest BCUT2D eigenvalue weighted by atomic mass is 32.2. The molecule has 1 N–H and O–H groups in total. The Morgan fingerprint density at radius 1 is 0.868 bits per heavy atom. The molecule has 2 aliphatic rings. The summed E-state index contributed by atoms with van der Waals surface area (Å²) in [5.41, 5.74) is 2.25. The zero-order valence-electron chi connectivity index (χ0n) is 21.8. The third-order valence-corrected chi connectivity index (χ3v) is 10.8. The Morgan fingerprint density at radius 2 is 1.50 bits per heavy atom. The van der Waals surface area contributed by atoms with Crippen LogP contribution in [0.2, 0.25) is 0 Å². The Bertz CT molecular complexity index is 1350. The van der Waals surface area contributed by atoms with Crippen LogP contribution in [0.5, 0.6) is 11.5 Å². The van der Waals surface area contributed by atoms with Crippen LogP contribution in [-0.4, -0.2) is 77.5 Å². The Morgan fingerprint density at radius 3 is 2.13 bits per heavy atom. The number of hydrogen-bond acceptors (Lipinski definition) is 7. The number of fused-ring (bicyclic) bond motifs is 1. The number of benzene rings is 2. The van der Waals surface area contributed by atoms with Crippen molar-refractivity contribution in [2.24, 2.45) is 0 Å². The number of carbonyl (C=O) groups is 1. The fourth-order valence-electron chi connectivity index (χ4n) is 4.81. The standard InChI is InChI=1S/C26H35N3O7S2/c1-35-24-17-21-11-15-29(19-22(21)18-25(24)36-2)37(31,32)16-6-12-27-26(30)20-7-9-23(10-8-20)38(33,34)28-13-4-3-5-14-28/h7-10,17-18H,3-6,11-16,19H2,1-2H3,(H,27,30). The molecule has 208 valence electrons. The van der Waals surface area contributed by atoms with Crippen LogP contribution in [0.1, 0.15) is 47.2 Å². The summed E-state index contributed by atoms with van der Waals surface area (Å²) in [5, 5.41) is 2.73. The predicted octanol–water partition coefficient (Wildman–Crippen LogP) is 2.39. The lowest BCUT2D eigenvalue weighted by molar-refractivity contribution is 0.0953. The van der Waals surface area contributed by atoms with E-state index in [1.807, 2.05) is 12.1 Å². The van der Waals surface area contributed by atoms with Crippen LogP contribution in [0.15, 0.2) is 41.3 Å². The lowest BCUT2D eigenvalue weighted by Crippen LogP contribution is -2.38. The monoisotopic (exact) mass is 565 g/mol. The zero-order valence-corrected chi connectivity index (χ0v) is 23.4. The summed E-state index contributed by atoms with van der Waals surface area (Å²) >= 11 is 0. The minimum atomic E-state index is -3.56. The van der Waals surface area contributed by atoms with Gasteiger partial charge < -0.3 is 14.8 Å². The molecule has 10 nitrogen and oxygen atoms in total. The van der Waals surface area contributed by atoms with Gasteiger partial charge in [0.15, 0.2) is 11.5 Å². The summed E-state index contributed by atoms with van der Waals surface area (Å²) < 4.78 is 65.1. The largest absolute Gasteiger partial charge is 0.493 e. The molecule has 4 rings (SSSR count). The van der Waals surface area contributed by atoms with Crippen molar-refractivity contribution in [3.8, 4) is 11.5 Å². The number of sulfonamides is 2. The molecule has 1 amide bonds. The van der Waals surface area contributed by atoms with E-state index < -0.39 is 20.0 Å². The Labute approximate surface area is 225 Å². The minimum absolute atomic E-state index is 0.0943. The lowest BCUT2D eigenvalue weighted by atomic mass is 10.0. The zero-order chi connectivity index (χ0) is 27.3. The van der Waals surface area contributed by atoms with Gasteiger partial charge in [0.2, 0.25) is 20.0 Å². The van der Waals surface area contributed by atoms with E-state index in [1.54, 1.807) is 14.2 Å². The SMILES string of the molecule is COc1cc2c(cc1OC)CN(S(=O)(=O)CCCNC(=O)c1ccc(S(=O)(=O)N3CCCCC3)cc1)CC2. The third-order valence-electron chi connectivity index (χ3n) is 7.01. The van der Waals surface area contributed by atoms with Crippen LogP contribution >= 0.6 is 0 Å². The molecule has 1 saturated heterocycles. The summed E-state index contributed by atoms with van der Waals surface area (Å²) in [6, 6.07) is 9.57. The maximum absolute atomic E-state index is 12.9. The first-order valence-electron chi connectivity index (χ1n) is 12.8. The van der Waals surface area contributed by atoms with E-state index in [0.29, 0.717) is 43.1 Å². The van der Waals surface area contributed by atoms with E-state index in [-0.39, 0.29) is 36.1 Å². The Balaban J connectivity index is 1.28. The Hall–Kier alpha value is -2.67. The van der Waals surface area contributed by atoms with Gasteiger partial charge in [0.25, 0.3) is 5.91 Å². The first-order valence-corrected chi connectivity index (χ1v) is 15.8. The highest BCUT2D eigenvalue weighted by molar-refractivity contribution is 7.89. The van der Waals surface area contributed by atoms with Gasteiger partial charge in [-0.25, -0.2) is 16.8 Å². The summed E-state index contributed by atoms with van der Waals surface area (Å²) in [4.78, 5) is 12.7. The molecule has 2 aromatic rings. The maximum atomic E-state index is 12.9. The molecule has 0 radical (unpaired) electrons. The van der Waals surface area contributed by atoms with E-state index in [2.05, 4.69) is 5.32 Å². The molecule has 0 aromatic heterocycles. The quantitative estimate of drug-likeness (QED) is 0.439. The molecular weight excluding hydrogens is 530 g/mol. The van der Waals surface area contributed by atoms with Crippen LogP contribution in [0, 0.1) is 0 Å². The van der Waals surface area contributed by atoms with Gasteiger partial charge in [-0.1, -0.05) is 6.42 Å². The number of ether oxygens (including phenoxy) is 2. The topological polar surface area (TPSA) is 122 Å². The van der Waals surface area contributed by atoms with Gasteiger partial charge in [-0.2, -0.15) is 8.61 Å². The highest BCUT2D eigenvalue weighted by Gasteiger charge is 2.28. The molecule has 2 heterocycles. The van der Waals surface area contributed by atoms with Crippen LogP contribution in [-0.2, 0) is 33.0 Å². The summed E-state index contributed by atoms with van der Waals surface area (Å²) in [6.07, 6.45) is 3.57. The van der Waals surface area contributed by atoms with E-state index in [4.69, 9.17) is 9.47 Å². The Kier molecular flexibility index (Phi) is 8.96. The minimum Gasteiger partial charge on any atom is -0.493 e. The molecule has 0 saturated carbocycles. The van der Waals surface area contributed by atoms with E-state index in [1.165, 1.54) is 32.9 Å². The molecule has 12 heteroatoms. The van der Waals surface area contributed by atoms with E-state index in [0.717, 1.165) is 30.4 Å². The number of methoxy groups -OCH3 is 2. The number of piperidine rings is 1. The van der Waals surface area contributed by atoms with Crippen LogP contribution < -0.4 is 14.8 Å².